The van der Waals surface area contributed by atoms with Crippen molar-refractivity contribution in [3.05, 3.63) is 94.0 Å². The predicted octanol–water partition coefficient (Wildman–Crippen LogP) is 4.38. The summed E-state index contributed by atoms with van der Waals surface area (Å²) in [6.45, 7) is 0. The molecule has 8 heteroatoms. The lowest BCUT2D eigenvalue weighted by atomic mass is 10.1. The number of benzene rings is 3. The summed E-state index contributed by atoms with van der Waals surface area (Å²) < 4.78 is 20.3. The summed E-state index contributed by atoms with van der Waals surface area (Å²) >= 11 is 1.07. The largest absolute Gasteiger partial charge is 0.496 e. The Morgan fingerprint density at radius 3 is 2.62 bits per heavy atom. The average molecular weight is 445 g/mol. The Balaban J connectivity index is 1.76. The van der Waals surface area contributed by atoms with E-state index in [1.54, 1.807) is 48.5 Å². The molecular formula is C24H16FN3O3S. The fourth-order valence-electron chi connectivity index (χ4n) is 3.23. The van der Waals surface area contributed by atoms with E-state index in [2.05, 4.69) is 4.98 Å². The molecule has 0 fully saturated rings. The highest BCUT2D eigenvalue weighted by atomic mass is 32.2. The van der Waals surface area contributed by atoms with Crippen LogP contribution in [0.4, 0.5) is 4.39 Å². The van der Waals surface area contributed by atoms with E-state index in [0.717, 1.165) is 17.8 Å². The lowest BCUT2D eigenvalue weighted by molar-refractivity contribution is 0.101. The number of nitriles is 1. The number of para-hydroxylation sites is 1. The summed E-state index contributed by atoms with van der Waals surface area (Å²) in [5.74, 6) is -0.716. The molecule has 0 aliphatic heterocycles. The van der Waals surface area contributed by atoms with Gasteiger partial charge in [0, 0.05) is 0 Å². The first-order valence-corrected chi connectivity index (χ1v) is 10.5. The fraction of sp³-hybridized carbons (Fsp3) is 0.0833. The molecule has 158 valence electrons. The highest BCUT2D eigenvalue weighted by Crippen LogP contribution is 2.25. The highest BCUT2D eigenvalue weighted by Gasteiger charge is 2.18. The maximum Gasteiger partial charge on any atom is 0.266 e. The minimum Gasteiger partial charge on any atom is -0.496 e. The van der Waals surface area contributed by atoms with Crippen molar-refractivity contribution in [3.8, 4) is 17.5 Å². The van der Waals surface area contributed by atoms with E-state index < -0.39 is 5.82 Å². The predicted molar refractivity (Wildman–Crippen MR) is 120 cm³/mol. The maximum atomic E-state index is 13.7. The zero-order valence-corrected chi connectivity index (χ0v) is 17.7. The van der Waals surface area contributed by atoms with E-state index >= 15 is 0 Å². The Morgan fingerprint density at radius 2 is 1.91 bits per heavy atom. The van der Waals surface area contributed by atoms with Crippen LogP contribution in [-0.2, 0) is 0 Å². The summed E-state index contributed by atoms with van der Waals surface area (Å²) in [4.78, 5) is 30.6. The molecule has 0 aliphatic rings. The SMILES string of the molecule is COc1ccc(F)cc1C(=O)CSc1nc2ccccc2c(=O)n1-c1ccc(C#N)cc1. The number of hydrogen-bond donors (Lipinski definition) is 0. The summed E-state index contributed by atoms with van der Waals surface area (Å²) in [6, 6.07) is 19.2. The molecule has 32 heavy (non-hydrogen) atoms. The number of carbonyl (C=O) groups excluding carboxylic acids is 1. The molecule has 0 aliphatic carbocycles. The quantitative estimate of drug-likeness (QED) is 0.249. The molecule has 1 heterocycles. The number of methoxy groups -OCH3 is 1. The number of aromatic nitrogens is 2. The Bertz CT molecular complexity index is 1430. The molecule has 0 N–H and O–H groups in total. The molecule has 4 aromatic rings. The molecule has 3 aromatic carbocycles. The van der Waals surface area contributed by atoms with Crippen LogP contribution in [0.25, 0.3) is 16.6 Å². The third-order valence-corrected chi connectivity index (χ3v) is 5.73. The number of thioether (sulfide) groups is 1. The molecule has 0 saturated carbocycles. The minimum absolute atomic E-state index is 0.0825. The highest BCUT2D eigenvalue weighted by molar-refractivity contribution is 7.99. The number of rotatable bonds is 6. The second-order valence-corrected chi connectivity index (χ2v) is 7.71. The van der Waals surface area contributed by atoms with Crippen molar-refractivity contribution in [3.63, 3.8) is 0 Å². The zero-order valence-electron chi connectivity index (χ0n) is 16.9. The van der Waals surface area contributed by atoms with Crippen LogP contribution in [0.2, 0.25) is 0 Å². The van der Waals surface area contributed by atoms with Crippen molar-refractivity contribution in [2.24, 2.45) is 0 Å². The molecular weight excluding hydrogens is 429 g/mol. The van der Waals surface area contributed by atoms with E-state index in [1.807, 2.05) is 6.07 Å². The zero-order chi connectivity index (χ0) is 22.7. The van der Waals surface area contributed by atoms with E-state index in [0.29, 0.717) is 27.3 Å². The van der Waals surface area contributed by atoms with Gasteiger partial charge >= 0.3 is 0 Å². The minimum atomic E-state index is -0.544. The Morgan fingerprint density at radius 1 is 1.16 bits per heavy atom. The number of carbonyl (C=O) groups is 1. The van der Waals surface area contributed by atoms with Gasteiger partial charge in [0.15, 0.2) is 10.9 Å². The lowest BCUT2D eigenvalue weighted by Crippen LogP contribution is -2.22. The van der Waals surface area contributed by atoms with Crippen molar-refractivity contribution >= 4 is 28.4 Å². The summed E-state index contributed by atoms with van der Waals surface area (Å²) in [7, 11) is 1.41. The molecule has 0 amide bonds. The van der Waals surface area contributed by atoms with Gasteiger partial charge in [0.2, 0.25) is 0 Å². The van der Waals surface area contributed by atoms with Crippen molar-refractivity contribution in [2.45, 2.75) is 5.16 Å². The van der Waals surface area contributed by atoms with Crippen LogP contribution in [0.1, 0.15) is 15.9 Å². The molecule has 4 rings (SSSR count). The van der Waals surface area contributed by atoms with Gasteiger partial charge in [-0.3, -0.25) is 14.2 Å². The van der Waals surface area contributed by atoms with Crippen molar-refractivity contribution in [1.82, 2.24) is 9.55 Å². The number of halogens is 1. The van der Waals surface area contributed by atoms with E-state index in [-0.39, 0.29) is 28.4 Å². The van der Waals surface area contributed by atoms with Gasteiger partial charge in [-0.2, -0.15) is 5.26 Å². The topological polar surface area (TPSA) is 85.0 Å². The third kappa shape index (κ3) is 4.11. The van der Waals surface area contributed by atoms with Gasteiger partial charge < -0.3 is 4.74 Å². The first kappa shape index (κ1) is 21.3. The Labute approximate surface area is 186 Å². The first-order chi connectivity index (χ1) is 15.5. The van der Waals surface area contributed by atoms with Gasteiger partial charge in [-0.05, 0) is 54.6 Å². The van der Waals surface area contributed by atoms with Crippen LogP contribution >= 0.6 is 11.8 Å². The van der Waals surface area contributed by atoms with Crippen LogP contribution in [0.3, 0.4) is 0 Å². The second-order valence-electron chi connectivity index (χ2n) is 6.77. The van der Waals surface area contributed by atoms with Crippen LogP contribution in [0.15, 0.2) is 76.7 Å². The van der Waals surface area contributed by atoms with E-state index in [1.165, 1.54) is 23.8 Å². The van der Waals surface area contributed by atoms with E-state index in [4.69, 9.17) is 10.00 Å². The molecule has 1 aromatic heterocycles. The molecule has 0 atom stereocenters. The van der Waals surface area contributed by atoms with Crippen molar-refractivity contribution < 1.29 is 13.9 Å². The van der Waals surface area contributed by atoms with Crippen LogP contribution in [0.5, 0.6) is 5.75 Å². The number of nitrogens with zero attached hydrogens (tertiary/aromatic N) is 3. The molecule has 0 spiro atoms. The van der Waals surface area contributed by atoms with Crippen molar-refractivity contribution in [1.29, 1.82) is 5.26 Å². The molecule has 0 radical (unpaired) electrons. The third-order valence-electron chi connectivity index (χ3n) is 4.79. The number of ketones is 1. The van der Waals surface area contributed by atoms with Gasteiger partial charge in [0.1, 0.15) is 11.6 Å². The smallest absolute Gasteiger partial charge is 0.266 e. The number of fused-ring (bicyclic) bond motifs is 1. The van der Waals surface area contributed by atoms with Crippen LogP contribution in [0, 0.1) is 17.1 Å². The second kappa shape index (κ2) is 9.04. The molecule has 0 saturated heterocycles. The first-order valence-electron chi connectivity index (χ1n) is 9.53. The van der Waals surface area contributed by atoms with Gasteiger partial charge in [-0.25, -0.2) is 9.37 Å². The standard InChI is InChI=1S/C24H16FN3O3S/c1-31-22-11-8-16(25)12-19(22)21(29)14-32-24-27-20-5-3-2-4-18(20)23(30)28(24)17-9-6-15(13-26)7-10-17/h2-12H,14H2,1H3. The number of hydrogen-bond acceptors (Lipinski definition) is 6. The fourth-order valence-corrected chi connectivity index (χ4v) is 4.12. The molecule has 0 bridgehead atoms. The average Bonchev–Trinajstić information content (AvgIpc) is 2.82. The van der Waals surface area contributed by atoms with Crippen LogP contribution in [-0.4, -0.2) is 28.2 Å². The van der Waals surface area contributed by atoms with Gasteiger partial charge in [0.25, 0.3) is 5.56 Å². The van der Waals surface area contributed by atoms with Gasteiger partial charge in [0.05, 0.1) is 46.6 Å². The van der Waals surface area contributed by atoms with Gasteiger partial charge in [-0.1, -0.05) is 23.9 Å². The summed E-state index contributed by atoms with van der Waals surface area (Å²) in [5.41, 5.74) is 1.30. The molecule has 6 nitrogen and oxygen atoms in total. The monoisotopic (exact) mass is 445 g/mol. The summed E-state index contributed by atoms with van der Waals surface area (Å²) in [5, 5.41) is 9.79. The van der Waals surface area contributed by atoms with Crippen molar-refractivity contribution in [2.75, 3.05) is 12.9 Å². The summed E-state index contributed by atoms with van der Waals surface area (Å²) in [6.07, 6.45) is 0. The normalized spacial score (nSPS) is 10.7. The number of Topliss-reactive ketones (excluding diaryl/α,β-unsaturated/α-hetero) is 1. The van der Waals surface area contributed by atoms with Crippen LogP contribution < -0.4 is 10.3 Å². The maximum absolute atomic E-state index is 13.7. The Kier molecular flexibility index (Phi) is 6.01. The molecule has 0 unspecified atom stereocenters. The lowest BCUT2D eigenvalue weighted by Gasteiger charge is -2.13. The Hall–Kier alpha value is -3.96. The number of ether oxygens (including phenoxy) is 1. The van der Waals surface area contributed by atoms with Gasteiger partial charge in [-0.15, -0.1) is 0 Å². The van der Waals surface area contributed by atoms with E-state index in [9.17, 15) is 14.0 Å².